The number of hydrogen-bond donors (Lipinski definition) is 2. The predicted molar refractivity (Wildman–Crippen MR) is 520 cm³/mol. The van der Waals surface area contributed by atoms with Gasteiger partial charge in [0.25, 0.3) is 35.0 Å². The third-order valence-electron chi connectivity index (χ3n) is 25.6. The maximum Gasteiger partial charge on any atom is 0.461 e. The van der Waals surface area contributed by atoms with E-state index < -0.39 is 44.5 Å². The number of nitrogens with one attached hydrogen (secondary N) is 1. The van der Waals surface area contributed by atoms with Crippen LogP contribution in [0.2, 0.25) is 5.82 Å². The second-order valence-corrected chi connectivity index (χ2v) is 38.5. The Kier molecular flexibility index (Phi) is 40.7. The first-order valence-corrected chi connectivity index (χ1v) is 48.3. The summed E-state index contributed by atoms with van der Waals surface area (Å²) in [6.07, 6.45) is 53.5. The highest BCUT2D eigenvalue weighted by atomic mass is 127. The maximum atomic E-state index is 14.4. The van der Waals surface area contributed by atoms with Crippen LogP contribution in [0.5, 0.6) is 29.4 Å². The molecule has 135 heavy (non-hydrogen) atoms. The lowest BCUT2D eigenvalue weighted by Gasteiger charge is -2.32. The first-order valence-electron chi connectivity index (χ1n) is 45.6. The van der Waals surface area contributed by atoms with E-state index in [0.717, 1.165) is 143 Å². The molecule has 5 unspecified atom stereocenters. The van der Waals surface area contributed by atoms with E-state index in [1.807, 2.05) is 97.2 Å². The molecule has 1 aromatic carbocycles. The molecule has 8 aromatic heterocycles. The number of ether oxygens (including phenoxy) is 5. The number of halogens is 7. The summed E-state index contributed by atoms with van der Waals surface area (Å²) in [6, 6.07) is 16.8. The van der Waals surface area contributed by atoms with Gasteiger partial charge < -0.3 is 52.2 Å². The van der Waals surface area contributed by atoms with E-state index >= 15 is 0 Å². The molecule has 2 aliphatic heterocycles. The second kappa shape index (κ2) is 51.8. The van der Waals surface area contributed by atoms with Crippen LogP contribution >= 0.6 is 22.6 Å². The fraction of sp³-hybridized carbons (Fsp3) is 0.441. The van der Waals surface area contributed by atoms with Gasteiger partial charge in [-0.2, -0.15) is 4.39 Å². The minimum Gasteiger partial charge on any atom is -0.479 e. The number of pyridine rings is 6. The fourth-order valence-corrected chi connectivity index (χ4v) is 18.9. The van der Waals surface area contributed by atoms with Crippen LogP contribution < -0.4 is 29.2 Å². The zero-order valence-electron chi connectivity index (χ0n) is 78.8. The number of aromatic amines is 1. The van der Waals surface area contributed by atoms with Gasteiger partial charge in [0.05, 0.1) is 73.6 Å². The molecular weight excluding hydrogens is 1870 g/mol. The molecule has 722 valence electrons. The molecule has 9 aromatic rings. The number of rotatable bonds is 21. The van der Waals surface area contributed by atoms with Crippen molar-refractivity contribution in [1.29, 1.82) is 0 Å². The summed E-state index contributed by atoms with van der Waals surface area (Å²) in [7, 11) is 3.61. The normalized spacial score (nSPS) is 20.1. The number of imidazole rings is 2. The molecule has 10 heterocycles. The summed E-state index contributed by atoms with van der Waals surface area (Å²) in [5, 5.41) is 9.05. The van der Waals surface area contributed by atoms with Crippen LogP contribution in [0.25, 0.3) is 27.9 Å². The van der Waals surface area contributed by atoms with Crippen LogP contribution in [-0.4, -0.2) is 147 Å². The molecule has 8 aliphatic rings. The van der Waals surface area contributed by atoms with Gasteiger partial charge in [-0.05, 0) is 286 Å². The van der Waals surface area contributed by atoms with Gasteiger partial charge in [0.15, 0.2) is 44.7 Å². The minimum absolute atomic E-state index is 0.0158. The number of allylic oxidation sites excluding steroid dienone is 11. The number of aliphatic hydroxyl groups is 1. The van der Waals surface area contributed by atoms with E-state index in [1.165, 1.54) is 60.3 Å². The summed E-state index contributed by atoms with van der Waals surface area (Å²) >= 11 is 1.88. The van der Waals surface area contributed by atoms with Crippen LogP contribution in [0.4, 0.5) is 26.3 Å². The number of benzene rings is 1. The molecule has 0 amide bonds. The summed E-state index contributed by atoms with van der Waals surface area (Å²) in [5.41, 5.74) is 7.32. The van der Waals surface area contributed by atoms with Gasteiger partial charge in [0.1, 0.15) is 11.6 Å². The number of hydrogen-bond acceptors (Lipinski definition) is 21. The number of methoxy groups -OCH3 is 5. The number of nitrogens with zero attached hydrogens (tertiary/aromatic N) is 10. The van der Waals surface area contributed by atoms with E-state index in [0.29, 0.717) is 97.7 Å². The molecule has 2 N–H and O–H groups in total. The molecule has 6 aliphatic carbocycles. The molecule has 1 saturated carbocycles. The van der Waals surface area contributed by atoms with Crippen molar-refractivity contribution in [3.63, 3.8) is 0 Å². The number of aryl methyl sites for hydroxylation is 1. The number of sulfone groups is 1. The topological polar surface area (TPSA) is 298 Å². The Morgan fingerprint density at radius 2 is 0.881 bits per heavy atom. The predicted octanol–water partition coefficient (Wildman–Crippen LogP) is 21.5. The van der Waals surface area contributed by atoms with Crippen LogP contribution in [0.3, 0.4) is 0 Å². The van der Waals surface area contributed by atoms with Gasteiger partial charge in [-0.25, -0.2) is 65.3 Å². The zero-order chi connectivity index (χ0) is 97.4. The molecule has 2 fully saturated rings. The van der Waals surface area contributed by atoms with Crippen molar-refractivity contribution in [2.24, 2.45) is 40.5 Å². The van der Waals surface area contributed by atoms with E-state index in [2.05, 4.69) is 98.6 Å². The van der Waals surface area contributed by atoms with Gasteiger partial charge in [0, 0.05) is 140 Å². The molecule has 0 spiro atoms. The number of carbonyl (C=O) groups excluding carboxylic acids is 2. The summed E-state index contributed by atoms with van der Waals surface area (Å²) in [4.78, 5) is 67.5. The van der Waals surface area contributed by atoms with Crippen molar-refractivity contribution >= 4 is 85.2 Å². The number of aliphatic hydroxyl groups excluding tert-OH is 1. The number of Topliss-reactive ketones (excluding diaryl/α,β-unsaturated/α-hetero) is 2. The Bertz CT molecular complexity index is 5780. The number of aromatic nitrogens is 10. The highest BCUT2D eigenvalue weighted by Gasteiger charge is 2.54. The first kappa shape index (κ1) is 106. The van der Waals surface area contributed by atoms with E-state index in [1.54, 1.807) is 93.4 Å². The Balaban J connectivity index is 0.000000163. The highest BCUT2D eigenvalue weighted by Crippen LogP contribution is 2.46. The van der Waals surface area contributed by atoms with Gasteiger partial charge in [-0.3, -0.25) is 19.4 Å². The zero-order valence-corrected chi connectivity index (χ0v) is 81.8. The molecule has 0 bridgehead atoms. The SMILES string of the molecule is C1=CN=CC1.CC(=O)C1CCC(B2OC(C)(C)C(C)(C)O2)CC1.COc1nccc(C2=CCC(C(C)=O)CC2)c1F.COc1nccc(C2=CCC(CO)CC2)c1F.COc1nccc(C2=CCC(CS(=O)(=O)c3ccc(C)cc3)CC2)c1F.COc1nccc(C2=CCC(Cn3ccnc3)CC2)c1F.COc1nccc(I)c1F.O=c1[nH]ccc(C2=CCC(Cn3ccnc3)CC2)c1F. The number of carbonyl (C=O) groups is 2. The van der Waals surface area contributed by atoms with E-state index in [4.69, 9.17) is 33.4 Å². The molecule has 5 atom stereocenters. The molecule has 24 nitrogen and oxygen atoms in total. The first-order chi connectivity index (χ1) is 64.8. The quantitative estimate of drug-likeness (QED) is 0.0384. The van der Waals surface area contributed by atoms with Crippen molar-refractivity contribution < 1.29 is 82.4 Å². The van der Waals surface area contributed by atoms with Crippen LogP contribution in [0.15, 0.2) is 193 Å². The summed E-state index contributed by atoms with van der Waals surface area (Å²) < 4.78 is 149. The van der Waals surface area contributed by atoms with Crippen LogP contribution in [0.1, 0.15) is 203 Å². The maximum absolute atomic E-state index is 14.4. The van der Waals surface area contributed by atoms with Crippen molar-refractivity contribution in [1.82, 2.24) is 49.0 Å². The Morgan fingerprint density at radius 3 is 1.21 bits per heavy atom. The molecule has 33 heteroatoms. The number of H-pyrrole nitrogens is 1. The van der Waals surface area contributed by atoms with Gasteiger partial charge in [-0.1, -0.05) is 67.0 Å². The van der Waals surface area contributed by atoms with Gasteiger partial charge >= 0.3 is 7.12 Å². The number of ketones is 2. The molecular formula is C102H123BF6IN11O13S. The summed E-state index contributed by atoms with van der Waals surface area (Å²) in [6.45, 7) is 15.7. The fourth-order valence-electron chi connectivity index (χ4n) is 16.9. The monoisotopic (exact) mass is 1990 g/mol. The average Bonchev–Trinajstić information content (AvgIpc) is 1.62. The van der Waals surface area contributed by atoms with Crippen molar-refractivity contribution in [2.45, 2.75) is 212 Å². The Labute approximate surface area is 801 Å². The number of aliphatic imine (C=N–C) groups is 1. The van der Waals surface area contributed by atoms with E-state index in [-0.39, 0.29) is 89.4 Å². The summed E-state index contributed by atoms with van der Waals surface area (Å²) in [5.74, 6) is 0.339. The molecule has 0 radical (unpaired) electrons. The molecule has 1 saturated heterocycles. The van der Waals surface area contributed by atoms with Crippen molar-refractivity contribution in [3.8, 4) is 29.4 Å². The van der Waals surface area contributed by atoms with Crippen molar-refractivity contribution in [2.75, 3.05) is 47.9 Å². The Hall–Kier alpha value is -11.0. The lowest BCUT2D eigenvalue weighted by atomic mass is 9.62. The minimum atomic E-state index is -3.31. The van der Waals surface area contributed by atoms with Gasteiger partial charge in [-0.15, -0.1) is 0 Å². The lowest BCUT2D eigenvalue weighted by Crippen LogP contribution is -2.41. The average molecular weight is 1990 g/mol. The third-order valence-corrected chi connectivity index (χ3v) is 28.3. The third kappa shape index (κ3) is 30.2. The highest BCUT2D eigenvalue weighted by molar-refractivity contribution is 14.1. The lowest BCUT2D eigenvalue weighted by molar-refractivity contribution is -0.122. The van der Waals surface area contributed by atoms with Crippen molar-refractivity contribution in [3.05, 3.63) is 260 Å². The smallest absolute Gasteiger partial charge is 0.461 e. The van der Waals surface area contributed by atoms with E-state index in [9.17, 15) is 49.1 Å². The Morgan fingerprint density at radius 1 is 0.496 bits per heavy atom. The van der Waals surface area contributed by atoms with Crippen LogP contribution in [-0.2, 0) is 41.8 Å². The second-order valence-electron chi connectivity index (χ2n) is 35.3. The molecule has 17 rings (SSSR count). The standard InChI is InChI=1S/C20H22FNO3S.C16H18FN3O.C15H16FN3O.C14H25BO3.C14H16FNO2.C13H16FNO2.C6H5FINO.C4H5N/c1-14-3-9-17(10-4-14)26(23,24)13-15-5-7-16(8-6-15)18-11-12-22-20(25-2)19(18)21;1-21-16-15(17)14(6-7-19-16)13-4-2-12(3-5-13)10-20-9-8-18-11-20;16-14-13(5-6-18-15(14)20)12-3-1-11(2-4-12)9-19-8-7-17-10-19;1-10(16)11-6-8-12(9-7-11)15-17-13(2,3)14(4,5)18-15;1-9(17)10-3-5-11(6-4-10)12-7-8-16-14(18-2)13(12)15;1-17-13-12(14)11(6-7-15-13)10-4-2-9(8-16)3-5-10;1-10-6-5(7)4(8)2-3-9-6;1-2-4-5-3-1/h3-4,7,9-12,15H,5-6,8,13H2,1-2H3;4,6-9,11-12H,2-3,5,10H2,1H3;3,5-8,10-11H,1-2,4,9H2,(H,18,20);11-12H,6-9H2,1-5H3;5,7-8,10H,3-4,6H2,1-2H3;4,6-7,9,16H,2-3,5,8H2,1H3;2-3H,1H3;1,3-4H,2H2. The van der Waals surface area contributed by atoms with Gasteiger partial charge in [0.2, 0.25) is 0 Å². The van der Waals surface area contributed by atoms with Crippen LogP contribution in [0, 0.1) is 80.9 Å². The largest absolute Gasteiger partial charge is 0.479 e.